The summed E-state index contributed by atoms with van der Waals surface area (Å²) in [5.41, 5.74) is 0. The quantitative estimate of drug-likeness (QED) is 0.222. The molecule has 0 saturated carbocycles. The predicted molar refractivity (Wildman–Crippen MR) is 96.5 cm³/mol. The van der Waals surface area contributed by atoms with Gasteiger partial charge in [0.1, 0.15) is 0 Å². The Morgan fingerprint density at radius 1 is 0.762 bits per heavy atom. The molecule has 0 aliphatic rings. The van der Waals surface area contributed by atoms with E-state index in [1.54, 1.807) is 10.8 Å². The van der Waals surface area contributed by atoms with E-state index in [1.165, 1.54) is 49.3 Å². The van der Waals surface area contributed by atoms with Gasteiger partial charge in [-0.25, -0.2) is 8.78 Å². The van der Waals surface area contributed by atoms with Gasteiger partial charge >= 0.3 is 0 Å². The van der Waals surface area contributed by atoms with Gasteiger partial charge < -0.3 is 0 Å². The number of hydrogen-bond donors (Lipinski definition) is 0. The molecule has 0 nitrogen and oxygen atoms in total. The lowest BCUT2D eigenvalue weighted by molar-refractivity contribution is 0.117. The van der Waals surface area contributed by atoms with Gasteiger partial charge in [0, 0.05) is 5.75 Å². The molecule has 0 N–H and O–H groups in total. The number of rotatable bonds is 15. The summed E-state index contributed by atoms with van der Waals surface area (Å²) in [5.74, 6) is 1.11. The van der Waals surface area contributed by atoms with Crippen molar-refractivity contribution in [1.29, 1.82) is 0 Å². The summed E-state index contributed by atoms with van der Waals surface area (Å²) in [6.07, 6.45) is 9.30. The van der Waals surface area contributed by atoms with Gasteiger partial charge in [0.05, 0.1) is 5.25 Å². The van der Waals surface area contributed by atoms with Crippen LogP contribution in [0.1, 0.15) is 85.0 Å². The Kier molecular flexibility index (Phi) is 15.9. The van der Waals surface area contributed by atoms with Crippen LogP contribution in [-0.4, -0.2) is 17.4 Å². The molecule has 0 aliphatic carbocycles. The minimum Gasteiger partial charge on any atom is -0.209 e. The molecule has 0 radical (unpaired) electrons. The normalized spacial score (nSPS) is 13.3. The van der Waals surface area contributed by atoms with E-state index in [2.05, 4.69) is 13.8 Å². The minimum absolute atomic E-state index is 0.197. The fourth-order valence-corrected chi connectivity index (χ4v) is 5.02. The second-order valence-corrected chi connectivity index (χ2v) is 8.59. The van der Waals surface area contributed by atoms with Crippen LogP contribution in [0.2, 0.25) is 0 Å². The predicted octanol–water partition coefficient (Wildman–Crippen LogP) is 7.58. The Morgan fingerprint density at radius 3 is 1.67 bits per heavy atom. The number of hydrogen-bond acceptors (Lipinski definition) is 2. The van der Waals surface area contributed by atoms with Crippen molar-refractivity contribution in [2.24, 2.45) is 5.92 Å². The van der Waals surface area contributed by atoms with Crippen LogP contribution in [0.25, 0.3) is 0 Å². The maximum atomic E-state index is 13.4. The first-order valence-corrected chi connectivity index (χ1v) is 11.1. The number of unbranched alkanes of at least 4 members (excludes halogenated alkanes) is 6. The maximum Gasteiger partial charge on any atom is 0.251 e. The Balaban J connectivity index is 4.33. The Labute approximate surface area is 139 Å². The fraction of sp³-hybridized carbons (Fsp3) is 1.00. The van der Waals surface area contributed by atoms with Gasteiger partial charge in [-0.3, -0.25) is 0 Å². The highest BCUT2D eigenvalue weighted by atomic mass is 33.1. The molecule has 0 fully saturated rings. The monoisotopic (exact) mass is 340 g/mol. The van der Waals surface area contributed by atoms with E-state index in [4.69, 9.17) is 0 Å². The molecule has 0 rings (SSSR count). The van der Waals surface area contributed by atoms with Gasteiger partial charge in [0.25, 0.3) is 6.43 Å². The molecule has 0 saturated heterocycles. The molecular weight excluding hydrogens is 306 g/mol. The third-order valence-electron chi connectivity index (χ3n) is 3.87. The topological polar surface area (TPSA) is 0 Å². The van der Waals surface area contributed by atoms with Crippen LogP contribution >= 0.6 is 21.6 Å². The van der Waals surface area contributed by atoms with Crippen LogP contribution in [-0.2, 0) is 0 Å². The first-order valence-electron chi connectivity index (χ1n) is 8.73. The molecule has 0 aliphatic heterocycles. The first kappa shape index (κ1) is 21.6. The van der Waals surface area contributed by atoms with Gasteiger partial charge in [-0.05, 0) is 18.8 Å². The Hall–Kier alpha value is 0.560. The smallest absolute Gasteiger partial charge is 0.209 e. The van der Waals surface area contributed by atoms with Crippen molar-refractivity contribution in [2.45, 2.75) is 96.7 Å². The van der Waals surface area contributed by atoms with E-state index in [0.717, 1.165) is 31.4 Å². The van der Waals surface area contributed by atoms with Crippen molar-refractivity contribution in [2.75, 3.05) is 5.75 Å². The molecular formula is C17H34F2S2. The number of halogens is 2. The van der Waals surface area contributed by atoms with E-state index in [1.807, 2.05) is 6.92 Å². The molecule has 0 aromatic heterocycles. The van der Waals surface area contributed by atoms with Crippen molar-refractivity contribution < 1.29 is 8.78 Å². The molecule has 0 unspecified atom stereocenters. The molecule has 128 valence electrons. The van der Waals surface area contributed by atoms with E-state index in [9.17, 15) is 8.78 Å². The largest absolute Gasteiger partial charge is 0.251 e. The summed E-state index contributed by atoms with van der Waals surface area (Å²) in [6, 6.07) is 0. The average Bonchev–Trinajstić information content (AvgIpc) is 2.47. The van der Waals surface area contributed by atoms with Crippen LogP contribution in [0.4, 0.5) is 8.78 Å². The average molecular weight is 341 g/mol. The highest BCUT2D eigenvalue weighted by Crippen LogP contribution is 2.39. The maximum absolute atomic E-state index is 13.4. The molecule has 21 heavy (non-hydrogen) atoms. The number of alkyl halides is 2. The zero-order valence-electron chi connectivity index (χ0n) is 14.1. The summed E-state index contributed by atoms with van der Waals surface area (Å²) in [7, 11) is 3.03. The van der Waals surface area contributed by atoms with Crippen LogP contribution < -0.4 is 0 Å². The van der Waals surface area contributed by atoms with E-state index in [-0.39, 0.29) is 5.92 Å². The van der Waals surface area contributed by atoms with Crippen LogP contribution in [0.3, 0.4) is 0 Å². The summed E-state index contributed by atoms with van der Waals surface area (Å²) in [5, 5.41) is -0.474. The molecule has 4 heteroatoms. The molecule has 0 heterocycles. The van der Waals surface area contributed by atoms with Crippen molar-refractivity contribution in [1.82, 2.24) is 0 Å². The summed E-state index contributed by atoms with van der Waals surface area (Å²) in [4.78, 5) is 0. The molecule has 0 aromatic carbocycles. The first-order chi connectivity index (χ1) is 10.2. The van der Waals surface area contributed by atoms with Crippen molar-refractivity contribution in [3.05, 3.63) is 0 Å². The van der Waals surface area contributed by atoms with Gasteiger partial charge in [0.15, 0.2) is 0 Å². The summed E-state index contributed by atoms with van der Waals surface area (Å²) in [6.45, 7) is 6.42. The molecule has 1 atom stereocenters. The second kappa shape index (κ2) is 15.5. The van der Waals surface area contributed by atoms with Crippen LogP contribution in [0.15, 0.2) is 0 Å². The van der Waals surface area contributed by atoms with Crippen molar-refractivity contribution >= 4 is 21.6 Å². The van der Waals surface area contributed by atoms with Gasteiger partial charge in [-0.1, -0.05) is 93.7 Å². The van der Waals surface area contributed by atoms with Crippen molar-refractivity contribution in [3.8, 4) is 0 Å². The van der Waals surface area contributed by atoms with E-state index >= 15 is 0 Å². The zero-order chi connectivity index (χ0) is 15.9. The third kappa shape index (κ3) is 11.7. The van der Waals surface area contributed by atoms with Crippen LogP contribution in [0, 0.1) is 5.92 Å². The van der Waals surface area contributed by atoms with Crippen LogP contribution in [0.5, 0.6) is 0 Å². The van der Waals surface area contributed by atoms with E-state index in [0.29, 0.717) is 0 Å². The molecule has 0 amide bonds. The SMILES string of the molecule is CCCCCCC(CCCCCC)[C@@H](SSCC)C(F)F. The lowest BCUT2D eigenvalue weighted by Gasteiger charge is -2.26. The third-order valence-corrected chi connectivity index (χ3v) is 6.83. The van der Waals surface area contributed by atoms with E-state index < -0.39 is 11.7 Å². The van der Waals surface area contributed by atoms with Crippen molar-refractivity contribution in [3.63, 3.8) is 0 Å². The lowest BCUT2D eigenvalue weighted by atomic mass is 9.91. The van der Waals surface area contributed by atoms with Gasteiger partial charge in [-0.15, -0.1) is 0 Å². The molecule has 0 bridgehead atoms. The standard InChI is InChI=1S/C17H34F2S2/c1-4-7-9-11-13-15(14-12-10-8-5-2)16(17(18)19)21-20-6-3/h15-17H,4-14H2,1-3H3/t16-/m1/s1. The summed E-state index contributed by atoms with van der Waals surface area (Å²) >= 11 is 0. The lowest BCUT2D eigenvalue weighted by Crippen LogP contribution is -2.24. The Bertz CT molecular complexity index is 201. The fourth-order valence-electron chi connectivity index (χ4n) is 2.61. The molecule has 0 aromatic rings. The molecule has 0 spiro atoms. The zero-order valence-corrected chi connectivity index (χ0v) is 15.7. The van der Waals surface area contributed by atoms with Gasteiger partial charge in [-0.2, -0.15) is 0 Å². The summed E-state index contributed by atoms with van der Waals surface area (Å²) < 4.78 is 26.8. The highest BCUT2D eigenvalue weighted by molar-refractivity contribution is 8.76. The Morgan fingerprint density at radius 2 is 1.29 bits per heavy atom. The highest BCUT2D eigenvalue weighted by Gasteiger charge is 2.29. The second-order valence-electron chi connectivity index (χ2n) is 5.76. The minimum atomic E-state index is -2.18. The van der Waals surface area contributed by atoms with Gasteiger partial charge in [0.2, 0.25) is 0 Å².